The summed E-state index contributed by atoms with van der Waals surface area (Å²) in [6.45, 7) is -1.77. The van der Waals surface area contributed by atoms with Crippen LogP contribution in [0.25, 0.3) is 0 Å². The number of nitrogen functional groups attached to an aromatic ring is 1. The van der Waals surface area contributed by atoms with Crippen molar-refractivity contribution in [2.24, 2.45) is 0 Å². The Hall–Kier alpha value is -1.96. The third-order valence-corrected chi connectivity index (χ3v) is 2.16. The van der Waals surface area contributed by atoms with Crippen molar-refractivity contribution in [3.05, 3.63) is 23.8 Å². The molecule has 0 aromatic heterocycles. The Bertz CT molecular complexity index is 463. The highest BCUT2D eigenvalue weighted by Crippen LogP contribution is 2.22. The van der Waals surface area contributed by atoms with E-state index in [0.29, 0.717) is 5.69 Å². The third-order valence-electron chi connectivity index (χ3n) is 2.16. The maximum atomic E-state index is 11.8. The molecule has 0 fully saturated rings. The normalized spacial score (nSPS) is 11.2. The van der Waals surface area contributed by atoms with Gasteiger partial charge in [0.05, 0.1) is 13.7 Å². The molecule has 0 saturated heterocycles. The van der Waals surface area contributed by atoms with E-state index in [2.05, 4.69) is 9.47 Å². The number of carbonyl (C=O) groups is 1. The van der Waals surface area contributed by atoms with E-state index in [1.54, 1.807) is 0 Å². The Morgan fingerprint density at radius 3 is 2.60 bits per heavy atom. The zero-order valence-corrected chi connectivity index (χ0v) is 10.7. The van der Waals surface area contributed by atoms with E-state index in [1.807, 2.05) is 0 Å². The Balaban J connectivity index is 2.54. The van der Waals surface area contributed by atoms with Crippen LogP contribution in [0.1, 0.15) is 10.4 Å². The van der Waals surface area contributed by atoms with Crippen LogP contribution >= 0.6 is 0 Å². The Labute approximate surface area is 113 Å². The van der Waals surface area contributed by atoms with Gasteiger partial charge in [-0.3, -0.25) is 0 Å². The van der Waals surface area contributed by atoms with E-state index in [-0.39, 0.29) is 24.5 Å². The van der Waals surface area contributed by atoms with Crippen molar-refractivity contribution < 1.29 is 32.2 Å². The van der Waals surface area contributed by atoms with Crippen molar-refractivity contribution in [3.8, 4) is 5.75 Å². The number of anilines is 1. The molecule has 1 aromatic carbocycles. The summed E-state index contributed by atoms with van der Waals surface area (Å²) < 4.78 is 49.6. The molecule has 0 saturated carbocycles. The highest BCUT2D eigenvalue weighted by Gasteiger charge is 2.27. The topological polar surface area (TPSA) is 70.8 Å². The summed E-state index contributed by atoms with van der Waals surface area (Å²) in [6, 6.07) is 4.28. The Kier molecular flexibility index (Phi) is 5.63. The summed E-state index contributed by atoms with van der Waals surface area (Å²) in [5.41, 5.74) is 6.03. The molecule has 0 spiro atoms. The lowest BCUT2D eigenvalue weighted by Gasteiger charge is -2.12. The largest absolute Gasteiger partial charge is 0.490 e. The second-order valence-corrected chi connectivity index (χ2v) is 3.76. The van der Waals surface area contributed by atoms with Gasteiger partial charge in [-0.05, 0) is 12.1 Å². The summed E-state index contributed by atoms with van der Waals surface area (Å²) in [6.07, 6.45) is -4.38. The van der Waals surface area contributed by atoms with Gasteiger partial charge in [0.15, 0.2) is 0 Å². The van der Waals surface area contributed by atoms with Crippen molar-refractivity contribution >= 4 is 11.7 Å². The van der Waals surface area contributed by atoms with Crippen LogP contribution in [-0.2, 0) is 9.47 Å². The summed E-state index contributed by atoms with van der Waals surface area (Å²) in [5, 5.41) is 0. The van der Waals surface area contributed by atoms with Crippen LogP contribution in [0.2, 0.25) is 0 Å². The molecule has 8 heteroatoms. The zero-order chi connectivity index (χ0) is 15.2. The summed E-state index contributed by atoms with van der Waals surface area (Å²) >= 11 is 0. The van der Waals surface area contributed by atoms with Crippen molar-refractivity contribution in [1.82, 2.24) is 0 Å². The number of hydrogen-bond donors (Lipinski definition) is 1. The second kappa shape index (κ2) is 6.99. The van der Waals surface area contributed by atoms with E-state index >= 15 is 0 Å². The summed E-state index contributed by atoms with van der Waals surface area (Å²) in [5.74, 6) is -0.497. The van der Waals surface area contributed by atoms with Crippen LogP contribution < -0.4 is 10.5 Å². The maximum Gasteiger partial charge on any atom is 0.411 e. The molecule has 0 amide bonds. The van der Waals surface area contributed by atoms with Crippen molar-refractivity contribution in [1.29, 1.82) is 0 Å². The summed E-state index contributed by atoms with van der Waals surface area (Å²) in [7, 11) is 1.20. The first-order chi connectivity index (χ1) is 9.33. The number of halogens is 3. The molecule has 0 aliphatic rings. The molecule has 0 bridgehead atoms. The van der Waals surface area contributed by atoms with Crippen LogP contribution in [0.5, 0.6) is 5.75 Å². The van der Waals surface area contributed by atoms with Gasteiger partial charge < -0.3 is 19.9 Å². The van der Waals surface area contributed by atoms with E-state index in [0.717, 1.165) is 0 Å². The van der Waals surface area contributed by atoms with Crippen LogP contribution in [0.3, 0.4) is 0 Å². The van der Waals surface area contributed by atoms with E-state index in [9.17, 15) is 18.0 Å². The minimum Gasteiger partial charge on any atom is -0.490 e. The van der Waals surface area contributed by atoms with Crippen molar-refractivity contribution in [2.45, 2.75) is 6.18 Å². The van der Waals surface area contributed by atoms with Gasteiger partial charge in [-0.1, -0.05) is 0 Å². The number of methoxy groups -OCH3 is 1. The molecule has 0 aliphatic carbocycles. The molecule has 20 heavy (non-hydrogen) atoms. The molecular formula is C12H14F3NO4. The van der Waals surface area contributed by atoms with Crippen molar-refractivity contribution in [2.75, 3.05) is 32.7 Å². The first kappa shape index (κ1) is 16.1. The van der Waals surface area contributed by atoms with Crippen LogP contribution in [0.15, 0.2) is 18.2 Å². The van der Waals surface area contributed by atoms with Gasteiger partial charge in [-0.2, -0.15) is 13.2 Å². The van der Waals surface area contributed by atoms with Gasteiger partial charge in [0.25, 0.3) is 0 Å². The molecule has 0 heterocycles. The first-order valence-electron chi connectivity index (χ1n) is 5.58. The molecule has 0 radical (unpaired) electrons. The maximum absolute atomic E-state index is 11.8. The smallest absolute Gasteiger partial charge is 0.411 e. The fourth-order valence-electron chi connectivity index (χ4n) is 1.34. The van der Waals surface area contributed by atoms with Gasteiger partial charge in [-0.25, -0.2) is 4.79 Å². The average Bonchev–Trinajstić information content (AvgIpc) is 2.36. The molecule has 0 unspecified atom stereocenters. The highest BCUT2D eigenvalue weighted by atomic mass is 19.4. The minimum absolute atomic E-state index is 0.132. The number of esters is 1. The Morgan fingerprint density at radius 2 is 2.00 bits per heavy atom. The van der Waals surface area contributed by atoms with E-state index in [4.69, 9.17) is 10.5 Å². The summed E-state index contributed by atoms with van der Waals surface area (Å²) in [4.78, 5) is 11.4. The fourth-order valence-corrected chi connectivity index (χ4v) is 1.34. The lowest BCUT2D eigenvalue weighted by molar-refractivity contribution is -0.175. The number of alkyl halides is 3. The predicted molar refractivity (Wildman–Crippen MR) is 64.6 cm³/mol. The highest BCUT2D eigenvalue weighted by molar-refractivity contribution is 5.93. The SMILES string of the molecule is COC(=O)c1ccc(N)cc1OCCOCC(F)(F)F. The molecule has 1 aromatic rings. The third kappa shape index (κ3) is 5.35. The molecule has 2 N–H and O–H groups in total. The molecule has 0 atom stereocenters. The van der Waals surface area contributed by atoms with Crippen LogP contribution in [0.4, 0.5) is 18.9 Å². The molecule has 0 aliphatic heterocycles. The monoisotopic (exact) mass is 293 g/mol. The number of hydrogen-bond acceptors (Lipinski definition) is 5. The van der Waals surface area contributed by atoms with Gasteiger partial charge in [-0.15, -0.1) is 0 Å². The first-order valence-corrected chi connectivity index (χ1v) is 5.58. The standard InChI is InChI=1S/C12H14F3NO4/c1-18-11(17)9-3-2-8(16)6-10(9)20-5-4-19-7-12(13,14)15/h2-3,6H,4-5,7,16H2,1H3. The van der Waals surface area contributed by atoms with Gasteiger partial charge in [0.1, 0.15) is 24.5 Å². The quantitative estimate of drug-likeness (QED) is 0.493. The van der Waals surface area contributed by atoms with Gasteiger partial charge >= 0.3 is 12.1 Å². The van der Waals surface area contributed by atoms with Crippen LogP contribution in [0, 0.1) is 0 Å². The predicted octanol–water partition coefficient (Wildman–Crippen LogP) is 2.01. The minimum atomic E-state index is -4.38. The van der Waals surface area contributed by atoms with Crippen molar-refractivity contribution in [3.63, 3.8) is 0 Å². The number of rotatable bonds is 6. The van der Waals surface area contributed by atoms with Gasteiger partial charge in [0.2, 0.25) is 0 Å². The average molecular weight is 293 g/mol. The van der Waals surface area contributed by atoms with E-state index in [1.165, 1.54) is 25.3 Å². The second-order valence-electron chi connectivity index (χ2n) is 3.76. The lowest BCUT2D eigenvalue weighted by atomic mass is 10.2. The molecule has 5 nitrogen and oxygen atoms in total. The number of nitrogens with two attached hydrogens (primary N) is 1. The zero-order valence-electron chi connectivity index (χ0n) is 10.7. The number of benzene rings is 1. The molecular weight excluding hydrogens is 279 g/mol. The van der Waals surface area contributed by atoms with E-state index < -0.39 is 18.8 Å². The number of carbonyl (C=O) groups excluding carboxylic acids is 1. The fraction of sp³-hybridized carbons (Fsp3) is 0.417. The Morgan fingerprint density at radius 1 is 1.30 bits per heavy atom. The van der Waals surface area contributed by atoms with Crippen LogP contribution in [-0.4, -0.2) is 39.1 Å². The lowest BCUT2D eigenvalue weighted by Crippen LogP contribution is -2.19. The number of ether oxygens (including phenoxy) is 3. The molecule has 1 rings (SSSR count). The molecule has 112 valence electrons. The van der Waals surface area contributed by atoms with Gasteiger partial charge in [0, 0.05) is 11.8 Å².